The van der Waals surface area contributed by atoms with Gasteiger partial charge in [0.05, 0.1) is 11.4 Å². The second-order valence-corrected chi connectivity index (χ2v) is 6.17. The zero-order valence-corrected chi connectivity index (χ0v) is 13.7. The van der Waals surface area contributed by atoms with Crippen molar-refractivity contribution in [3.05, 3.63) is 34.9 Å². The molecule has 0 saturated carbocycles. The highest BCUT2D eigenvalue weighted by atomic mass is 16.2. The first-order valence-corrected chi connectivity index (χ1v) is 8.14. The van der Waals surface area contributed by atoms with Crippen molar-refractivity contribution in [2.75, 3.05) is 13.1 Å². The number of nitrogens with zero attached hydrogens (tertiary/aromatic N) is 3. The van der Waals surface area contributed by atoms with Gasteiger partial charge in [-0.3, -0.25) is 14.6 Å². The summed E-state index contributed by atoms with van der Waals surface area (Å²) in [5.74, 6) is 0.422. The van der Waals surface area contributed by atoms with Gasteiger partial charge in [-0.05, 0) is 39.3 Å². The Labute approximate surface area is 135 Å². The minimum absolute atomic E-state index is 0.0404. The molecule has 0 unspecified atom stereocenters. The zero-order valence-electron chi connectivity index (χ0n) is 13.7. The smallest absolute Gasteiger partial charge is 0.241 e. The maximum atomic E-state index is 12.1. The van der Waals surface area contributed by atoms with Gasteiger partial charge in [0, 0.05) is 36.5 Å². The summed E-state index contributed by atoms with van der Waals surface area (Å²) in [5.41, 5.74) is 4.04. The SMILES string of the molecule is Cc1n[nH]c(C)c1CNC(=O)Cn1ccc([C@H]2CCCNC2)n1. The Bertz CT molecular complexity index is 648. The van der Waals surface area contributed by atoms with E-state index in [2.05, 4.69) is 25.9 Å². The van der Waals surface area contributed by atoms with Gasteiger partial charge in [-0.25, -0.2) is 0 Å². The number of aromatic amines is 1. The van der Waals surface area contributed by atoms with Gasteiger partial charge < -0.3 is 10.6 Å². The molecule has 23 heavy (non-hydrogen) atoms. The fourth-order valence-corrected chi connectivity index (χ4v) is 3.01. The van der Waals surface area contributed by atoms with Crippen LogP contribution in [0.5, 0.6) is 0 Å². The van der Waals surface area contributed by atoms with E-state index in [1.807, 2.05) is 26.1 Å². The molecule has 3 N–H and O–H groups in total. The molecular weight excluding hydrogens is 292 g/mol. The van der Waals surface area contributed by atoms with E-state index in [4.69, 9.17) is 0 Å². The van der Waals surface area contributed by atoms with E-state index in [1.165, 1.54) is 6.42 Å². The number of carbonyl (C=O) groups excluding carboxylic acids is 1. The summed E-state index contributed by atoms with van der Waals surface area (Å²) in [6.07, 6.45) is 4.23. The van der Waals surface area contributed by atoms with Crippen molar-refractivity contribution in [3.63, 3.8) is 0 Å². The van der Waals surface area contributed by atoms with Crippen molar-refractivity contribution >= 4 is 5.91 Å². The van der Waals surface area contributed by atoms with Crippen LogP contribution in [0, 0.1) is 13.8 Å². The average molecular weight is 316 g/mol. The van der Waals surface area contributed by atoms with Gasteiger partial charge in [0.1, 0.15) is 6.54 Å². The van der Waals surface area contributed by atoms with Gasteiger partial charge in [0.15, 0.2) is 0 Å². The molecule has 1 atom stereocenters. The van der Waals surface area contributed by atoms with Crippen LogP contribution >= 0.6 is 0 Å². The Morgan fingerprint density at radius 3 is 3.04 bits per heavy atom. The highest BCUT2D eigenvalue weighted by molar-refractivity contribution is 5.75. The highest BCUT2D eigenvalue weighted by Crippen LogP contribution is 2.21. The van der Waals surface area contributed by atoms with Crippen molar-refractivity contribution in [3.8, 4) is 0 Å². The van der Waals surface area contributed by atoms with Crippen LogP contribution < -0.4 is 10.6 Å². The molecule has 7 heteroatoms. The predicted octanol–water partition coefficient (Wildman–Crippen LogP) is 1.01. The van der Waals surface area contributed by atoms with E-state index >= 15 is 0 Å². The molecule has 124 valence electrons. The number of H-pyrrole nitrogens is 1. The van der Waals surface area contributed by atoms with Gasteiger partial charge in [-0.15, -0.1) is 0 Å². The lowest BCUT2D eigenvalue weighted by molar-refractivity contribution is -0.122. The molecule has 3 heterocycles. The van der Waals surface area contributed by atoms with E-state index in [0.29, 0.717) is 12.5 Å². The largest absolute Gasteiger partial charge is 0.350 e. The molecule has 1 amide bonds. The summed E-state index contributed by atoms with van der Waals surface area (Å²) in [6, 6.07) is 2.02. The molecule has 3 rings (SSSR count). The Hall–Kier alpha value is -2.15. The normalized spacial score (nSPS) is 18.1. The van der Waals surface area contributed by atoms with Gasteiger partial charge in [0.25, 0.3) is 0 Å². The zero-order chi connectivity index (χ0) is 16.2. The fourth-order valence-electron chi connectivity index (χ4n) is 3.01. The molecule has 0 bridgehead atoms. The van der Waals surface area contributed by atoms with E-state index in [1.54, 1.807) is 4.68 Å². The van der Waals surface area contributed by atoms with Gasteiger partial charge >= 0.3 is 0 Å². The number of piperidine rings is 1. The summed E-state index contributed by atoms with van der Waals surface area (Å²) >= 11 is 0. The first kappa shape index (κ1) is 15.7. The summed E-state index contributed by atoms with van der Waals surface area (Å²) in [7, 11) is 0. The summed E-state index contributed by atoms with van der Waals surface area (Å²) in [5, 5.41) is 17.9. The Morgan fingerprint density at radius 1 is 1.48 bits per heavy atom. The maximum Gasteiger partial charge on any atom is 0.241 e. The predicted molar refractivity (Wildman–Crippen MR) is 87.0 cm³/mol. The van der Waals surface area contributed by atoms with Crippen LogP contribution in [0.2, 0.25) is 0 Å². The number of nitrogens with one attached hydrogen (secondary N) is 3. The molecular formula is C16H24N6O. The van der Waals surface area contributed by atoms with Crippen LogP contribution in [-0.4, -0.2) is 39.0 Å². The molecule has 1 fully saturated rings. The summed E-state index contributed by atoms with van der Waals surface area (Å²) < 4.78 is 1.72. The standard InChI is InChI=1S/C16H24N6O/c1-11-14(12(2)20-19-11)9-18-16(23)10-22-7-5-15(21-22)13-4-3-6-17-8-13/h5,7,13,17H,3-4,6,8-10H2,1-2H3,(H,18,23)(H,19,20)/t13-/m0/s1. The second kappa shape index (κ2) is 6.95. The van der Waals surface area contributed by atoms with E-state index in [9.17, 15) is 4.79 Å². The van der Waals surface area contributed by atoms with Crippen LogP contribution in [0.25, 0.3) is 0 Å². The Balaban J connectivity index is 1.53. The van der Waals surface area contributed by atoms with Crippen molar-refractivity contribution < 1.29 is 4.79 Å². The van der Waals surface area contributed by atoms with Crippen LogP contribution in [0.3, 0.4) is 0 Å². The minimum atomic E-state index is -0.0404. The quantitative estimate of drug-likeness (QED) is 0.768. The molecule has 2 aromatic heterocycles. The topological polar surface area (TPSA) is 87.6 Å². The van der Waals surface area contributed by atoms with Crippen LogP contribution in [-0.2, 0) is 17.9 Å². The van der Waals surface area contributed by atoms with E-state index in [-0.39, 0.29) is 12.5 Å². The Morgan fingerprint density at radius 2 is 2.35 bits per heavy atom. The molecule has 2 aromatic rings. The van der Waals surface area contributed by atoms with E-state index in [0.717, 1.165) is 42.2 Å². The summed E-state index contributed by atoms with van der Waals surface area (Å²) in [6.45, 7) is 6.70. The van der Waals surface area contributed by atoms with Crippen LogP contribution in [0.1, 0.15) is 41.4 Å². The number of aromatic nitrogens is 4. The molecule has 1 saturated heterocycles. The lowest BCUT2D eigenvalue weighted by atomic mass is 9.97. The molecule has 0 aliphatic carbocycles. The van der Waals surface area contributed by atoms with Gasteiger partial charge in [-0.1, -0.05) is 0 Å². The van der Waals surface area contributed by atoms with Gasteiger partial charge in [-0.2, -0.15) is 10.2 Å². The molecule has 1 aliphatic heterocycles. The van der Waals surface area contributed by atoms with Gasteiger partial charge in [0.2, 0.25) is 5.91 Å². The molecule has 7 nitrogen and oxygen atoms in total. The number of carbonyl (C=O) groups is 1. The second-order valence-electron chi connectivity index (χ2n) is 6.17. The van der Waals surface area contributed by atoms with E-state index < -0.39 is 0 Å². The lowest BCUT2D eigenvalue weighted by Crippen LogP contribution is -2.29. The third-order valence-corrected chi connectivity index (χ3v) is 4.43. The molecule has 0 aromatic carbocycles. The van der Waals surface area contributed by atoms with Crippen molar-refractivity contribution in [1.82, 2.24) is 30.6 Å². The van der Waals surface area contributed by atoms with Crippen molar-refractivity contribution in [2.45, 2.75) is 45.7 Å². The lowest BCUT2D eigenvalue weighted by Gasteiger charge is -2.20. The number of hydrogen-bond donors (Lipinski definition) is 3. The number of amides is 1. The first-order chi connectivity index (χ1) is 11.1. The molecule has 0 radical (unpaired) electrons. The third kappa shape index (κ3) is 3.79. The molecule has 1 aliphatic rings. The van der Waals surface area contributed by atoms with Crippen molar-refractivity contribution in [1.29, 1.82) is 0 Å². The monoisotopic (exact) mass is 316 g/mol. The Kier molecular flexibility index (Phi) is 4.76. The first-order valence-electron chi connectivity index (χ1n) is 8.14. The van der Waals surface area contributed by atoms with Crippen LogP contribution in [0.15, 0.2) is 12.3 Å². The molecule has 0 spiro atoms. The number of hydrogen-bond acceptors (Lipinski definition) is 4. The highest BCUT2D eigenvalue weighted by Gasteiger charge is 2.18. The number of rotatable bonds is 5. The third-order valence-electron chi connectivity index (χ3n) is 4.43. The summed E-state index contributed by atoms with van der Waals surface area (Å²) in [4.78, 5) is 12.1. The minimum Gasteiger partial charge on any atom is -0.350 e. The maximum absolute atomic E-state index is 12.1. The number of aryl methyl sites for hydroxylation is 2. The fraction of sp³-hybridized carbons (Fsp3) is 0.562. The van der Waals surface area contributed by atoms with Crippen LogP contribution in [0.4, 0.5) is 0 Å². The average Bonchev–Trinajstić information content (AvgIpc) is 3.14. The van der Waals surface area contributed by atoms with Crippen molar-refractivity contribution in [2.24, 2.45) is 0 Å².